The highest BCUT2D eigenvalue weighted by Gasteiger charge is 2.27. The summed E-state index contributed by atoms with van der Waals surface area (Å²) in [5.41, 5.74) is 0. The Hall–Kier alpha value is -1.75. The lowest BCUT2D eigenvalue weighted by Crippen LogP contribution is -2.44. The second-order valence-electron chi connectivity index (χ2n) is 7.28. The average molecular weight is 345 g/mol. The van der Waals surface area contributed by atoms with E-state index in [9.17, 15) is 0 Å². The van der Waals surface area contributed by atoms with Crippen LogP contribution in [0.25, 0.3) is 0 Å². The highest BCUT2D eigenvalue weighted by molar-refractivity contribution is 5.80. The van der Waals surface area contributed by atoms with E-state index in [1.807, 2.05) is 37.4 Å². The number of likely N-dealkylation sites (tertiary alicyclic amines) is 2. The molecule has 25 heavy (non-hydrogen) atoms. The van der Waals surface area contributed by atoms with E-state index >= 15 is 0 Å². The van der Waals surface area contributed by atoms with Gasteiger partial charge in [-0.3, -0.25) is 4.99 Å². The SMILES string of the molecule is CN=C(NCC(C)Oc1ccccc1)N1CCC(CN2CCCC2)C1. The van der Waals surface area contributed by atoms with Crippen molar-refractivity contribution in [3.8, 4) is 5.75 Å². The standard InChI is InChI=1S/C20H32N4O/c1-17(25-19-8-4-3-5-9-19)14-22-20(21-2)24-13-10-18(16-24)15-23-11-6-7-12-23/h3-5,8-9,17-18H,6-7,10-16H2,1-2H3,(H,21,22). The van der Waals surface area contributed by atoms with Crippen molar-refractivity contribution in [2.45, 2.75) is 32.3 Å². The van der Waals surface area contributed by atoms with E-state index in [0.717, 1.165) is 37.3 Å². The number of nitrogens with one attached hydrogen (secondary N) is 1. The van der Waals surface area contributed by atoms with Crippen LogP contribution >= 0.6 is 0 Å². The Morgan fingerprint density at radius 2 is 2.00 bits per heavy atom. The van der Waals surface area contributed by atoms with E-state index in [4.69, 9.17) is 4.74 Å². The second kappa shape index (κ2) is 9.09. The summed E-state index contributed by atoms with van der Waals surface area (Å²) in [7, 11) is 1.87. The van der Waals surface area contributed by atoms with Gasteiger partial charge in [-0.05, 0) is 57.3 Å². The molecule has 0 radical (unpaired) electrons. The maximum Gasteiger partial charge on any atom is 0.193 e. The summed E-state index contributed by atoms with van der Waals surface area (Å²) in [6.07, 6.45) is 4.12. The molecular weight excluding hydrogens is 312 g/mol. The molecule has 0 bridgehead atoms. The van der Waals surface area contributed by atoms with E-state index in [-0.39, 0.29) is 6.10 Å². The van der Waals surface area contributed by atoms with Gasteiger partial charge in [-0.2, -0.15) is 0 Å². The second-order valence-corrected chi connectivity index (χ2v) is 7.28. The zero-order chi connectivity index (χ0) is 17.5. The lowest BCUT2D eigenvalue weighted by atomic mass is 10.1. The van der Waals surface area contributed by atoms with Crippen LogP contribution in [0.15, 0.2) is 35.3 Å². The topological polar surface area (TPSA) is 40.1 Å². The molecule has 2 fully saturated rings. The van der Waals surface area contributed by atoms with Crippen molar-refractivity contribution in [2.75, 3.05) is 46.3 Å². The number of nitrogens with zero attached hydrogens (tertiary/aromatic N) is 3. The predicted octanol–water partition coefficient (Wildman–Crippen LogP) is 2.45. The van der Waals surface area contributed by atoms with E-state index in [1.165, 1.54) is 38.9 Å². The molecule has 138 valence electrons. The molecule has 0 saturated carbocycles. The number of hydrogen-bond acceptors (Lipinski definition) is 3. The van der Waals surface area contributed by atoms with Crippen LogP contribution in [0, 0.1) is 5.92 Å². The smallest absolute Gasteiger partial charge is 0.193 e. The highest BCUT2D eigenvalue weighted by atomic mass is 16.5. The molecule has 2 aliphatic heterocycles. The molecule has 2 heterocycles. The van der Waals surface area contributed by atoms with Crippen molar-refractivity contribution >= 4 is 5.96 Å². The summed E-state index contributed by atoms with van der Waals surface area (Å²) in [4.78, 5) is 9.50. The summed E-state index contributed by atoms with van der Waals surface area (Å²) in [5.74, 6) is 2.70. The van der Waals surface area contributed by atoms with Gasteiger partial charge >= 0.3 is 0 Å². The first-order valence-corrected chi connectivity index (χ1v) is 9.64. The number of rotatable bonds is 6. The summed E-state index contributed by atoms with van der Waals surface area (Å²) < 4.78 is 5.94. The number of ether oxygens (including phenoxy) is 1. The third kappa shape index (κ3) is 5.36. The number of guanidine groups is 1. The quantitative estimate of drug-likeness (QED) is 0.636. The Kier molecular flexibility index (Phi) is 6.56. The van der Waals surface area contributed by atoms with Gasteiger partial charge in [0.2, 0.25) is 0 Å². The zero-order valence-electron chi connectivity index (χ0n) is 15.7. The van der Waals surface area contributed by atoms with Crippen molar-refractivity contribution < 1.29 is 4.74 Å². The average Bonchev–Trinajstić information content (AvgIpc) is 3.29. The van der Waals surface area contributed by atoms with Crippen LogP contribution in [0.1, 0.15) is 26.2 Å². The summed E-state index contributed by atoms with van der Waals surface area (Å²) in [5, 5.41) is 3.48. The van der Waals surface area contributed by atoms with Gasteiger partial charge in [0.05, 0.1) is 6.54 Å². The van der Waals surface area contributed by atoms with E-state index in [0.29, 0.717) is 0 Å². The fourth-order valence-electron chi connectivity index (χ4n) is 3.84. The lowest BCUT2D eigenvalue weighted by Gasteiger charge is -2.24. The number of benzene rings is 1. The molecular formula is C20H32N4O. The van der Waals surface area contributed by atoms with Crippen LogP contribution in [0.3, 0.4) is 0 Å². The van der Waals surface area contributed by atoms with E-state index < -0.39 is 0 Å². The molecule has 2 saturated heterocycles. The van der Waals surface area contributed by atoms with Gasteiger partial charge in [-0.25, -0.2) is 0 Å². The van der Waals surface area contributed by atoms with Crippen LogP contribution < -0.4 is 10.1 Å². The fourth-order valence-corrected chi connectivity index (χ4v) is 3.84. The Morgan fingerprint density at radius 3 is 2.72 bits per heavy atom. The normalized spacial score (nSPS) is 23.0. The third-order valence-electron chi connectivity index (χ3n) is 5.14. The molecule has 0 amide bonds. The lowest BCUT2D eigenvalue weighted by molar-refractivity contribution is 0.222. The molecule has 2 atom stereocenters. The van der Waals surface area contributed by atoms with Gasteiger partial charge < -0.3 is 19.9 Å². The Labute approximate surface area is 152 Å². The Balaban J connectivity index is 1.41. The van der Waals surface area contributed by atoms with Crippen molar-refractivity contribution in [3.63, 3.8) is 0 Å². The molecule has 1 aromatic carbocycles. The molecule has 0 aromatic heterocycles. The monoisotopic (exact) mass is 344 g/mol. The third-order valence-corrected chi connectivity index (χ3v) is 5.14. The first-order valence-electron chi connectivity index (χ1n) is 9.64. The van der Waals surface area contributed by atoms with Gasteiger partial charge in [0, 0.05) is 26.7 Å². The molecule has 5 nitrogen and oxygen atoms in total. The van der Waals surface area contributed by atoms with Crippen LogP contribution in [-0.2, 0) is 0 Å². The Bertz CT molecular complexity index is 542. The summed E-state index contributed by atoms with van der Waals surface area (Å²) in [6.45, 7) is 8.90. The van der Waals surface area contributed by atoms with Crippen LogP contribution in [0.2, 0.25) is 0 Å². The number of para-hydroxylation sites is 1. The molecule has 1 aromatic rings. The molecule has 2 aliphatic rings. The van der Waals surface area contributed by atoms with Crippen LogP contribution in [-0.4, -0.2) is 68.2 Å². The van der Waals surface area contributed by atoms with Crippen molar-refractivity contribution in [1.29, 1.82) is 0 Å². The van der Waals surface area contributed by atoms with Gasteiger partial charge in [-0.1, -0.05) is 18.2 Å². The van der Waals surface area contributed by atoms with E-state index in [1.54, 1.807) is 0 Å². The Morgan fingerprint density at radius 1 is 1.24 bits per heavy atom. The maximum atomic E-state index is 5.94. The van der Waals surface area contributed by atoms with Gasteiger partial charge in [0.1, 0.15) is 11.9 Å². The summed E-state index contributed by atoms with van der Waals surface area (Å²) >= 11 is 0. The molecule has 0 spiro atoms. The maximum absolute atomic E-state index is 5.94. The van der Waals surface area contributed by atoms with Crippen molar-refractivity contribution in [1.82, 2.24) is 15.1 Å². The molecule has 0 aliphatic carbocycles. The van der Waals surface area contributed by atoms with Gasteiger partial charge in [0.25, 0.3) is 0 Å². The minimum Gasteiger partial charge on any atom is -0.489 e. The zero-order valence-corrected chi connectivity index (χ0v) is 15.7. The van der Waals surface area contributed by atoms with Gasteiger partial charge in [-0.15, -0.1) is 0 Å². The minimum atomic E-state index is 0.0992. The van der Waals surface area contributed by atoms with Crippen LogP contribution in [0.5, 0.6) is 5.75 Å². The molecule has 5 heteroatoms. The summed E-state index contributed by atoms with van der Waals surface area (Å²) in [6, 6.07) is 9.99. The molecule has 2 unspecified atom stereocenters. The first kappa shape index (κ1) is 18.1. The number of aliphatic imine (C=N–C) groups is 1. The van der Waals surface area contributed by atoms with Gasteiger partial charge in [0.15, 0.2) is 5.96 Å². The number of hydrogen-bond donors (Lipinski definition) is 1. The van der Waals surface area contributed by atoms with E-state index in [2.05, 4.69) is 27.0 Å². The minimum absolute atomic E-state index is 0.0992. The molecule has 3 rings (SSSR count). The van der Waals surface area contributed by atoms with Crippen LogP contribution in [0.4, 0.5) is 0 Å². The predicted molar refractivity (Wildman–Crippen MR) is 103 cm³/mol. The van der Waals surface area contributed by atoms with Crippen molar-refractivity contribution in [3.05, 3.63) is 30.3 Å². The highest BCUT2D eigenvalue weighted by Crippen LogP contribution is 2.20. The first-order chi connectivity index (χ1) is 12.2. The fraction of sp³-hybridized carbons (Fsp3) is 0.650. The molecule has 1 N–H and O–H groups in total. The van der Waals surface area contributed by atoms with Crippen molar-refractivity contribution in [2.24, 2.45) is 10.9 Å². The largest absolute Gasteiger partial charge is 0.489 e.